The minimum absolute atomic E-state index is 0.215. The fourth-order valence-electron chi connectivity index (χ4n) is 1.75. The molecule has 0 spiro atoms. The second kappa shape index (κ2) is 4.98. The Morgan fingerprint density at radius 3 is 3.00 bits per heavy atom. The molecule has 1 fully saturated rings. The molecule has 1 saturated heterocycles. The van der Waals surface area contributed by atoms with Crippen molar-refractivity contribution in [2.24, 2.45) is 0 Å². The van der Waals surface area contributed by atoms with Gasteiger partial charge < -0.3 is 15.4 Å². The molecule has 92 valence electrons. The Labute approximate surface area is 105 Å². The fraction of sp³-hybridized carbons (Fsp3) is 0.417. The van der Waals surface area contributed by atoms with Gasteiger partial charge in [-0.2, -0.15) is 0 Å². The highest BCUT2D eigenvalue weighted by atomic mass is 32.2. The first kappa shape index (κ1) is 12.3. The van der Waals surface area contributed by atoms with Gasteiger partial charge in [-0.05, 0) is 24.6 Å². The predicted molar refractivity (Wildman–Crippen MR) is 70.3 cm³/mol. The number of urea groups is 1. The predicted octanol–water partition coefficient (Wildman–Crippen LogP) is 2.37. The lowest BCUT2D eigenvalue weighted by Crippen LogP contribution is -2.25. The average Bonchev–Trinajstić information content (AvgIpc) is 2.78. The third-order valence-electron chi connectivity index (χ3n) is 2.71. The van der Waals surface area contributed by atoms with Gasteiger partial charge in [0.2, 0.25) is 0 Å². The number of amides is 2. The summed E-state index contributed by atoms with van der Waals surface area (Å²) in [5, 5.41) is 5.28. The van der Waals surface area contributed by atoms with E-state index in [1.165, 1.54) is 0 Å². The summed E-state index contributed by atoms with van der Waals surface area (Å²) in [5.41, 5.74) is 1.85. The highest BCUT2D eigenvalue weighted by Gasteiger charge is 2.32. The van der Waals surface area contributed by atoms with Gasteiger partial charge in [0.1, 0.15) is 4.93 Å². The normalized spacial score (nSPS) is 23.4. The van der Waals surface area contributed by atoms with Crippen molar-refractivity contribution < 1.29 is 9.53 Å². The third-order valence-corrected chi connectivity index (χ3v) is 3.99. The second-order valence-corrected chi connectivity index (χ2v) is 5.40. The first-order valence-electron chi connectivity index (χ1n) is 5.51. The lowest BCUT2D eigenvalue weighted by atomic mass is 10.1. The monoisotopic (exact) mass is 252 g/mol. The minimum atomic E-state index is -0.291. The van der Waals surface area contributed by atoms with Crippen LogP contribution in [0, 0.1) is 0 Å². The molecular weight excluding hydrogens is 236 g/mol. The number of nitrogens with one attached hydrogen (secondary N) is 2. The van der Waals surface area contributed by atoms with Crippen LogP contribution in [0.3, 0.4) is 0 Å². The van der Waals surface area contributed by atoms with Crippen molar-refractivity contribution in [1.82, 2.24) is 5.32 Å². The van der Waals surface area contributed by atoms with Crippen LogP contribution in [-0.4, -0.2) is 25.4 Å². The molecular formula is C12H16N2O2S. The van der Waals surface area contributed by atoms with Crippen LogP contribution < -0.4 is 10.6 Å². The van der Waals surface area contributed by atoms with E-state index in [9.17, 15) is 4.79 Å². The Hall–Kier alpha value is -1.20. The number of hydrogen-bond acceptors (Lipinski definition) is 3. The number of thioether (sulfide) groups is 1. The number of hydrogen-bond donors (Lipinski definition) is 2. The number of rotatable bonds is 2. The zero-order valence-electron chi connectivity index (χ0n) is 9.95. The number of anilines is 1. The van der Waals surface area contributed by atoms with Gasteiger partial charge in [0.05, 0.1) is 6.61 Å². The maximum Gasteiger partial charge on any atom is 0.318 e. The van der Waals surface area contributed by atoms with Crippen molar-refractivity contribution in [3.8, 4) is 0 Å². The highest BCUT2D eigenvalue weighted by Crippen LogP contribution is 2.42. The maximum absolute atomic E-state index is 11.2. The average molecular weight is 252 g/mol. The van der Waals surface area contributed by atoms with Gasteiger partial charge in [0.25, 0.3) is 0 Å². The van der Waals surface area contributed by atoms with Crippen LogP contribution in [0.5, 0.6) is 0 Å². The molecule has 0 unspecified atom stereocenters. The zero-order chi connectivity index (χ0) is 12.3. The Balaban J connectivity index is 2.19. The molecule has 0 radical (unpaired) electrons. The van der Waals surface area contributed by atoms with Crippen LogP contribution >= 0.6 is 11.8 Å². The van der Waals surface area contributed by atoms with E-state index in [-0.39, 0.29) is 11.0 Å². The Morgan fingerprint density at radius 2 is 2.35 bits per heavy atom. The molecule has 5 heteroatoms. The van der Waals surface area contributed by atoms with Crippen molar-refractivity contribution in [1.29, 1.82) is 0 Å². The van der Waals surface area contributed by atoms with Gasteiger partial charge in [0.15, 0.2) is 0 Å². The summed E-state index contributed by atoms with van der Waals surface area (Å²) >= 11 is 1.78. The molecule has 1 heterocycles. The van der Waals surface area contributed by atoms with E-state index in [0.29, 0.717) is 0 Å². The zero-order valence-corrected chi connectivity index (χ0v) is 10.8. The first-order chi connectivity index (χ1) is 8.14. The van der Waals surface area contributed by atoms with E-state index >= 15 is 0 Å². The summed E-state index contributed by atoms with van der Waals surface area (Å²) < 4.78 is 5.75. The SMILES string of the molecule is CNC(=O)Nc1cccc([C@@]2(C)OCCS2)c1. The first-order valence-corrected chi connectivity index (χ1v) is 6.50. The summed E-state index contributed by atoms with van der Waals surface area (Å²) in [6.07, 6.45) is 0. The molecule has 2 amide bonds. The van der Waals surface area contributed by atoms with Crippen molar-refractivity contribution in [3.63, 3.8) is 0 Å². The van der Waals surface area contributed by atoms with Crippen LogP contribution in [0.15, 0.2) is 24.3 Å². The van der Waals surface area contributed by atoms with Gasteiger partial charge >= 0.3 is 6.03 Å². The summed E-state index contributed by atoms with van der Waals surface area (Å²) in [6, 6.07) is 7.55. The van der Waals surface area contributed by atoms with E-state index in [1.54, 1.807) is 18.8 Å². The van der Waals surface area contributed by atoms with Gasteiger partial charge in [-0.25, -0.2) is 4.79 Å². The van der Waals surface area contributed by atoms with E-state index in [2.05, 4.69) is 17.6 Å². The molecule has 17 heavy (non-hydrogen) atoms. The highest BCUT2D eigenvalue weighted by molar-refractivity contribution is 8.00. The van der Waals surface area contributed by atoms with Gasteiger partial charge in [-0.1, -0.05) is 12.1 Å². The molecule has 1 aliphatic rings. The smallest absolute Gasteiger partial charge is 0.318 e. The molecule has 0 aromatic heterocycles. The molecule has 0 saturated carbocycles. The van der Waals surface area contributed by atoms with Gasteiger partial charge in [-0.3, -0.25) is 0 Å². The molecule has 0 aliphatic carbocycles. The van der Waals surface area contributed by atoms with Crippen molar-refractivity contribution in [2.45, 2.75) is 11.9 Å². The summed E-state index contributed by atoms with van der Waals surface area (Å²) in [5.74, 6) is 1.00. The second-order valence-electron chi connectivity index (χ2n) is 3.93. The number of benzene rings is 1. The van der Waals surface area contributed by atoms with Crippen molar-refractivity contribution >= 4 is 23.5 Å². The van der Waals surface area contributed by atoms with Crippen LogP contribution in [0.4, 0.5) is 10.5 Å². The van der Waals surface area contributed by atoms with E-state index in [4.69, 9.17) is 4.74 Å². The van der Waals surface area contributed by atoms with Crippen molar-refractivity contribution in [3.05, 3.63) is 29.8 Å². The summed E-state index contributed by atoms with van der Waals surface area (Å²) in [6.45, 7) is 2.83. The maximum atomic E-state index is 11.2. The fourth-order valence-corrected chi connectivity index (χ4v) is 2.77. The topological polar surface area (TPSA) is 50.4 Å². The van der Waals surface area contributed by atoms with Crippen LogP contribution in [-0.2, 0) is 9.67 Å². The third kappa shape index (κ3) is 2.73. The molecule has 2 N–H and O–H groups in total. The largest absolute Gasteiger partial charge is 0.359 e. The summed E-state index contributed by atoms with van der Waals surface area (Å²) in [7, 11) is 1.59. The van der Waals surface area contributed by atoms with Crippen LogP contribution in [0.1, 0.15) is 12.5 Å². The van der Waals surface area contributed by atoms with Crippen LogP contribution in [0.25, 0.3) is 0 Å². The van der Waals surface area contributed by atoms with Gasteiger partial charge in [-0.15, -0.1) is 11.8 Å². The van der Waals surface area contributed by atoms with E-state index in [0.717, 1.165) is 23.6 Å². The lowest BCUT2D eigenvalue weighted by Gasteiger charge is -2.23. The van der Waals surface area contributed by atoms with Crippen LogP contribution in [0.2, 0.25) is 0 Å². The molecule has 0 bridgehead atoms. The molecule has 4 nitrogen and oxygen atoms in total. The summed E-state index contributed by atoms with van der Waals surface area (Å²) in [4.78, 5) is 10.9. The molecule has 2 rings (SSSR count). The van der Waals surface area contributed by atoms with Gasteiger partial charge in [0, 0.05) is 18.5 Å². The number of ether oxygens (including phenoxy) is 1. The Bertz CT molecular complexity index is 417. The van der Waals surface area contributed by atoms with Crippen molar-refractivity contribution in [2.75, 3.05) is 24.7 Å². The van der Waals surface area contributed by atoms with E-state index in [1.807, 2.05) is 24.3 Å². The molecule has 1 aromatic carbocycles. The quantitative estimate of drug-likeness (QED) is 0.849. The lowest BCUT2D eigenvalue weighted by molar-refractivity contribution is 0.0644. The molecule has 1 aromatic rings. The number of carbonyl (C=O) groups is 1. The minimum Gasteiger partial charge on any atom is -0.359 e. The van der Waals surface area contributed by atoms with E-state index < -0.39 is 0 Å². The Morgan fingerprint density at radius 1 is 1.53 bits per heavy atom. The number of carbonyl (C=O) groups excluding carboxylic acids is 1. The standard InChI is InChI=1S/C12H16N2O2S/c1-12(16-6-7-17-12)9-4-3-5-10(8-9)14-11(15)13-2/h3-5,8H,6-7H2,1-2H3,(H2,13,14,15)/t12-/m0/s1. The Kier molecular flexibility index (Phi) is 3.59. The molecule has 1 aliphatic heterocycles. The molecule has 1 atom stereocenters.